The number of carbonyl (C=O) groups excluding carboxylic acids is 1. The van der Waals surface area contributed by atoms with Gasteiger partial charge in [-0.15, -0.1) is 12.4 Å². The molecule has 1 amide bonds. The Balaban J connectivity index is 0.00000208. The van der Waals surface area contributed by atoms with Crippen molar-refractivity contribution in [2.45, 2.75) is 31.9 Å². The fraction of sp³-hybridized carbons (Fsp3) is 0.588. The van der Waals surface area contributed by atoms with E-state index in [0.717, 1.165) is 38.4 Å². The van der Waals surface area contributed by atoms with Crippen LogP contribution in [0.3, 0.4) is 0 Å². The van der Waals surface area contributed by atoms with Gasteiger partial charge in [0.15, 0.2) is 0 Å². The normalized spacial score (nSPS) is 21.9. The number of amides is 1. The Hall–Kier alpha value is -1.27. The lowest BCUT2D eigenvalue weighted by Crippen LogP contribution is -2.34. The molecule has 7 heteroatoms. The molecule has 2 N–H and O–H groups in total. The molecule has 1 saturated heterocycles. The topological polar surface area (TPSA) is 41.1 Å². The van der Waals surface area contributed by atoms with Crippen LogP contribution in [-0.4, -0.2) is 25.5 Å². The lowest BCUT2D eigenvalue weighted by atomic mass is 9.92. The van der Waals surface area contributed by atoms with Crippen molar-refractivity contribution in [3.63, 3.8) is 0 Å². The molecule has 0 bridgehead atoms. The fourth-order valence-corrected chi connectivity index (χ4v) is 3.65. The summed E-state index contributed by atoms with van der Waals surface area (Å²) in [5.74, 6) is 0.0406. The molecular formula is C17H22ClF3N2O. The average Bonchev–Trinajstić information content (AvgIpc) is 3.20. The van der Waals surface area contributed by atoms with Crippen molar-refractivity contribution in [2.75, 3.05) is 19.6 Å². The first-order valence-electron chi connectivity index (χ1n) is 8.06. The van der Waals surface area contributed by atoms with Crippen molar-refractivity contribution >= 4 is 18.3 Å². The number of rotatable bonds is 4. The second-order valence-corrected chi connectivity index (χ2v) is 6.57. The van der Waals surface area contributed by atoms with E-state index < -0.39 is 11.7 Å². The lowest BCUT2D eigenvalue weighted by molar-refractivity contribution is -0.138. The Morgan fingerprint density at radius 3 is 2.58 bits per heavy atom. The Morgan fingerprint density at radius 2 is 1.92 bits per heavy atom. The first-order valence-corrected chi connectivity index (χ1v) is 8.06. The van der Waals surface area contributed by atoms with Crippen molar-refractivity contribution in [1.29, 1.82) is 0 Å². The summed E-state index contributed by atoms with van der Waals surface area (Å²) in [7, 11) is 0. The van der Waals surface area contributed by atoms with E-state index in [2.05, 4.69) is 10.6 Å². The van der Waals surface area contributed by atoms with Crippen LogP contribution in [0, 0.1) is 11.3 Å². The largest absolute Gasteiger partial charge is 0.416 e. The molecule has 1 unspecified atom stereocenters. The SMILES string of the molecule is Cl.O=C(NCCc1ccccc1C(F)(F)F)C1CC12CCNCC2. The standard InChI is InChI=1S/C17H21F3N2O.ClH/c18-17(19,20)13-4-2-1-3-12(13)5-8-22-15(23)14-11-16(14)6-9-21-10-7-16;/h1-4,14,21H,5-11H2,(H,22,23);1H. The number of carbonyl (C=O) groups is 1. The van der Waals surface area contributed by atoms with E-state index in [-0.39, 0.29) is 48.2 Å². The van der Waals surface area contributed by atoms with Gasteiger partial charge in [-0.25, -0.2) is 0 Å². The monoisotopic (exact) mass is 362 g/mol. The minimum absolute atomic E-state index is 0. The third-order valence-corrected chi connectivity index (χ3v) is 5.12. The number of alkyl halides is 3. The zero-order chi connectivity index (χ0) is 16.5. The van der Waals surface area contributed by atoms with E-state index in [4.69, 9.17) is 0 Å². The molecule has 1 saturated carbocycles. The molecule has 134 valence electrons. The zero-order valence-corrected chi connectivity index (χ0v) is 14.1. The van der Waals surface area contributed by atoms with Crippen molar-refractivity contribution in [1.82, 2.24) is 10.6 Å². The number of hydrogen-bond donors (Lipinski definition) is 2. The number of piperidine rings is 1. The maximum absolute atomic E-state index is 12.9. The summed E-state index contributed by atoms with van der Waals surface area (Å²) in [6, 6.07) is 5.54. The summed E-state index contributed by atoms with van der Waals surface area (Å²) in [5.41, 5.74) is -0.234. The van der Waals surface area contributed by atoms with Crippen LogP contribution in [0.2, 0.25) is 0 Å². The van der Waals surface area contributed by atoms with Crippen LogP contribution in [0.25, 0.3) is 0 Å². The molecule has 3 nitrogen and oxygen atoms in total. The Labute approximate surface area is 145 Å². The molecule has 1 atom stereocenters. The zero-order valence-electron chi connectivity index (χ0n) is 13.3. The van der Waals surface area contributed by atoms with Gasteiger partial charge in [-0.05, 0) is 55.8 Å². The summed E-state index contributed by atoms with van der Waals surface area (Å²) >= 11 is 0. The van der Waals surface area contributed by atoms with Crippen LogP contribution in [0.15, 0.2) is 24.3 Å². The van der Waals surface area contributed by atoms with Gasteiger partial charge in [0.1, 0.15) is 0 Å². The third-order valence-electron chi connectivity index (χ3n) is 5.12. The van der Waals surface area contributed by atoms with E-state index >= 15 is 0 Å². The molecule has 0 radical (unpaired) electrons. The molecule has 3 rings (SSSR count). The van der Waals surface area contributed by atoms with Crippen molar-refractivity contribution < 1.29 is 18.0 Å². The summed E-state index contributed by atoms with van der Waals surface area (Å²) < 4.78 is 38.8. The van der Waals surface area contributed by atoms with Crippen molar-refractivity contribution in [3.05, 3.63) is 35.4 Å². The third kappa shape index (κ3) is 4.03. The summed E-state index contributed by atoms with van der Waals surface area (Å²) in [6.45, 7) is 2.14. The van der Waals surface area contributed by atoms with Crippen LogP contribution >= 0.6 is 12.4 Å². The van der Waals surface area contributed by atoms with Crippen LogP contribution in [0.1, 0.15) is 30.4 Å². The van der Waals surface area contributed by atoms with Gasteiger partial charge in [0.25, 0.3) is 0 Å². The molecule has 0 aromatic heterocycles. The van der Waals surface area contributed by atoms with Gasteiger partial charge < -0.3 is 10.6 Å². The summed E-state index contributed by atoms with van der Waals surface area (Å²) in [5, 5.41) is 6.10. The molecule has 2 aliphatic rings. The van der Waals surface area contributed by atoms with E-state index in [1.165, 1.54) is 12.1 Å². The number of nitrogens with one attached hydrogen (secondary N) is 2. The highest BCUT2D eigenvalue weighted by Crippen LogP contribution is 2.58. The van der Waals surface area contributed by atoms with Gasteiger partial charge in [0, 0.05) is 12.5 Å². The van der Waals surface area contributed by atoms with Gasteiger partial charge in [-0.3, -0.25) is 4.79 Å². The number of hydrogen-bond acceptors (Lipinski definition) is 2. The second kappa shape index (κ2) is 7.31. The first-order chi connectivity index (χ1) is 10.9. The highest BCUT2D eigenvalue weighted by molar-refractivity contribution is 5.85. The predicted molar refractivity (Wildman–Crippen MR) is 88.0 cm³/mol. The fourth-order valence-electron chi connectivity index (χ4n) is 3.65. The second-order valence-electron chi connectivity index (χ2n) is 6.57. The van der Waals surface area contributed by atoms with Gasteiger partial charge in [0.05, 0.1) is 5.56 Å². The Bertz CT molecular complexity index is 585. The minimum Gasteiger partial charge on any atom is -0.356 e. The number of benzene rings is 1. The summed E-state index contributed by atoms with van der Waals surface area (Å²) in [4.78, 5) is 12.2. The van der Waals surface area contributed by atoms with Crippen LogP contribution < -0.4 is 10.6 Å². The van der Waals surface area contributed by atoms with E-state index in [1.54, 1.807) is 6.07 Å². The Kier molecular flexibility index (Phi) is 5.81. The molecule has 24 heavy (non-hydrogen) atoms. The van der Waals surface area contributed by atoms with Crippen LogP contribution in [0.4, 0.5) is 13.2 Å². The van der Waals surface area contributed by atoms with Gasteiger partial charge in [-0.1, -0.05) is 18.2 Å². The molecular weight excluding hydrogens is 341 g/mol. The van der Waals surface area contributed by atoms with Crippen LogP contribution in [-0.2, 0) is 17.4 Å². The molecule has 1 spiro atoms. The molecule has 1 aliphatic heterocycles. The quantitative estimate of drug-likeness (QED) is 0.863. The maximum Gasteiger partial charge on any atom is 0.416 e. The van der Waals surface area contributed by atoms with E-state index in [0.29, 0.717) is 0 Å². The molecule has 1 aromatic carbocycles. The van der Waals surface area contributed by atoms with E-state index in [1.807, 2.05) is 0 Å². The lowest BCUT2D eigenvalue weighted by Gasteiger charge is -2.23. The Morgan fingerprint density at radius 1 is 1.25 bits per heavy atom. The predicted octanol–water partition coefficient (Wildman–Crippen LogP) is 3.18. The van der Waals surface area contributed by atoms with Gasteiger partial charge in [-0.2, -0.15) is 13.2 Å². The van der Waals surface area contributed by atoms with Gasteiger partial charge >= 0.3 is 6.18 Å². The maximum atomic E-state index is 12.9. The molecule has 1 aliphatic carbocycles. The molecule has 2 fully saturated rings. The van der Waals surface area contributed by atoms with Crippen LogP contribution in [0.5, 0.6) is 0 Å². The highest BCUT2D eigenvalue weighted by atomic mass is 35.5. The molecule has 1 aromatic rings. The minimum atomic E-state index is -4.35. The van der Waals surface area contributed by atoms with E-state index in [9.17, 15) is 18.0 Å². The van der Waals surface area contributed by atoms with Crippen molar-refractivity contribution in [2.24, 2.45) is 11.3 Å². The molecule has 1 heterocycles. The van der Waals surface area contributed by atoms with Crippen molar-refractivity contribution in [3.8, 4) is 0 Å². The smallest absolute Gasteiger partial charge is 0.356 e. The first kappa shape index (κ1) is 19.1. The van der Waals surface area contributed by atoms with Gasteiger partial charge in [0.2, 0.25) is 5.91 Å². The average molecular weight is 363 g/mol. The number of halogens is 4. The summed E-state index contributed by atoms with van der Waals surface area (Å²) in [6.07, 6.45) is -1.21. The highest BCUT2D eigenvalue weighted by Gasteiger charge is 2.57.